The smallest absolute Gasteiger partial charge is 0.405 e. The number of aryl methyl sites for hydroxylation is 1. The van der Waals surface area contributed by atoms with Crippen LogP contribution in [0, 0.1) is 17.0 Å². The van der Waals surface area contributed by atoms with Crippen LogP contribution in [0.15, 0.2) is 48.5 Å². The van der Waals surface area contributed by atoms with Gasteiger partial charge in [0.15, 0.2) is 0 Å². The van der Waals surface area contributed by atoms with Crippen LogP contribution >= 0.6 is 0 Å². The number of rotatable bonds is 5. The van der Waals surface area contributed by atoms with Gasteiger partial charge in [-0.3, -0.25) is 10.1 Å². The van der Waals surface area contributed by atoms with Crippen molar-refractivity contribution < 1.29 is 14.2 Å². The van der Waals surface area contributed by atoms with Crippen molar-refractivity contribution in [3.63, 3.8) is 0 Å². The lowest BCUT2D eigenvalue weighted by molar-refractivity contribution is -0.384. The lowest BCUT2D eigenvalue weighted by atomic mass is 9.79. The Morgan fingerprint density at radius 1 is 1.21 bits per heavy atom. The lowest BCUT2D eigenvalue weighted by Crippen LogP contribution is -2.35. The van der Waals surface area contributed by atoms with Crippen molar-refractivity contribution in [2.75, 3.05) is 25.1 Å². The van der Waals surface area contributed by atoms with Crippen LogP contribution in [0.3, 0.4) is 0 Å². The first kappa shape index (κ1) is 16.5. The number of likely N-dealkylation sites (N-methyl/N-ethyl adjacent to an activating group) is 1. The largest absolute Gasteiger partial charge is 0.494 e. The van der Waals surface area contributed by atoms with Crippen molar-refractivity contribution in [1.29, 1.82) is 0 Å². The molecule has 0 amide bonds. The maximum absolute atomic E-state index is 10.7. The molecule has 1 saturated heterocycles. The van der Waals surface area contributed by atoms with Gasteiger partial charge >= 0.3 is 7.12 Å². The molecule has 3 rings (SSSR count). The third-order valence-electron chi connectivity index (χ3n) is 4.08. The quantitative estimate of drug-likeness (QED) is 0.479. The summed E-state index contributed by atoms with van der Waals surface area (Å²) < 4.78 is 11.7. The standard InChI is InChI=1S/C17H19BN2O4/c1-13-3-5-14(6-4-13)18-23-12-17(24-18)11-19(2)15-7-9-16(10-8-15)20(21)22/h3-10,17H,11-12H2,1-2H3/t17-/m0/s1. The maximum atomic E-state index is 10.7. The third-order valence-corrected chi connectivity index (χ3v) is 4.08. The van der Waals surface area contributed by atoms with E-state index in [0.717, 1.165) is 11.2 Å². The molecule has 6 nitrogen and oxygen atoms in total. The minimum Gasteiger partial charge on any atom is -0.405 e. The molecule has 0 unspecified atom stereocenters. The van der Waals surface area contributed by atoms with Gasteiger partial charge in [-0.05, 0) is 24.5 Å². The van der Waals surface area contributed by atoms with Gasteiger partial charge < -0.3 is 14.2 Å². The monoisotopic (exact) mass is 326 g/mol. The molecule has 0 saturated carbocycles. The van der Waals surface area contributed by atoms with Crippen LogP contribution in [0.5, 0.6) is 0 Å². The summed E-state index contributed by atoms with van der Waals surface area (Å²) in [4.78, 5) is 12.3. The highest BCUT2D eigenvalue weighted by molar-refractivity contribution is 6.61. The van der Waals surface area contributed by atoms with Crippen LogP contribution in [-0.2, 0) is 9.31 Å². The summed E-state index contributed by atoms with van der Waals surface area (Å²) in [5, 5.41) is 10.7. The minimum absolute atomic E-state index is 0.0449. The molecule has 0 spiro atoms. The summed E-state index contributed by atoms with van der Waals surface area (Å²) in [5.41, 5.74) is 3.21. The molecule has 0 N–H and O–H groups in total. The molecule has 0 bridgehead atoms. The Kier molecular flexibility index (Phi) is 4.82. The molecule has 24 heavy (non-hydrogen) atoms. The molecule has 1 atom stereocenters. The molecule has 0 aliphatic carbocycles. The van der Waals surface area contributed by atoms with Crippen molar-refractivity contribution in [3.05, 3.63) is 64.2 Å². The second-order valence-corrected chi connectivity index (χ2v) is 5.99. The Hall–Kier alpha value is -2.38. The molecule has 2 aromatic rings. The van der Waals surface area contributed by atoms with E-state index in [-0.39, 0.29) is 18.9 Å². The fraction of sp³-hybridized carbons (Fsp3) is 0.294. The van der Waals surface area contributed by atoms with Gasteiger partial charge in [-0.2, -0.15) is 0 Å². The summed E-state index contributed by atoms with van der Waals surface area (Å²) in [6.45, 7) is 3.22. The van der Waals surface area contributed by atoms with Crippen molar-refractivity contribution in [1.82, 2.24) is 0 Å². The summed E-state index contributed by atoms with van der Waals surface area (Å²) in [6.07, 6.45) is -0.0449. The first-order valence-corrected chi connectivity index (χ1v) is 7.82. The summed E-state index contributed by atoms with van der Waals surface area (Å²) in [6, 6.07) is 14.6. The highest BCUT2D eigenvalue weighted by Crippen LogP contribution is 2.20. The first-order valence-electron chi connectivity index (χ1n) is 7.82. The molecule has 1 aliphatic rings. The van der Waals surface area contributed by atoms with E-state index < -0.39 is 4.92 Å². The molecule has 124 valence electrons. The molecule has 7 heteroatoms. The molecule has 1 heterocycles. The first-order chi connectivity index (χ1) is 11.5. The minimum atomic E-state index is -0.399. The average Bonchev–Trinajstić information content (AvgIpc) is 3.04. The molecule has 1 fully saturated rings. The zero-order valence-electron chi connectivity index (χ0n) is 13.7. The Labute approximate surface area is 141 Å². The highest BCUT2D eigenvalue weighted by atomic mass is 16.6. The fourth-order valence-corrected chi connectivity index (χ4v) is 2.68. The van der Waals surface area contributed by atoms with Gasteiger partial charge in [-0.25, -0.2) is 0 Å². The van der Waals surface area contributed by atoms with E-state index in [4.69, 9.17) is 9.31 Å². The van der Waals surface area contributed by atoms with E-state index in [1.807, 2.05) is 43.1 Å². The Balaban J connectivity index is 1.58. The summed E-state index contributed by atoms with van der Waals surface area (Å²) >= 11 is 0. The van der Waals surface area contributed by atoms with Crippen LogP contribution in [0.4, 0.5) is 11.4 Å². The van der Waals surface area contributed by atoms with Crippen molar-refractivity contribution in [2.45, 2.75) is 13.0 Å². The van der Waals surface area contributed by atoms with Gasteiger partial charge in [-0.1, -0.05) is 29.8 Å². The lowest BCUT2D eigenvalue weighted by Gasteiger charge is -2.22. The van der Waals surface area contributed by atoms with Crippen LogP contribution in [-0.4, -0.2) is 38.3 Å². The van der Waals surface area contributed by atoms with Crippen molar-refractivity contribution in [3.8, 4) is 0 Å². The van der Waals surface area contributed by atoms with Crippen LogP contribution in [0.1, 0.15) is 5.56 Å². The maximum Gasteiger partial charge on any atom is 0.494 e. The van der Waals surface area contributed by atoms with E-state index in [0.29, 0.717) is 13.2 Å². The predicted molar refractivity (Wildman–Crippen MR) is 93.8 cm³/mol. The summed E-state index contributed by atoms with van der Waals surface area (Å²) in [5.74, 6) is 0. The van der Waals surface area contributed by atoms with E-state index in [1.54, 1.807) is 12.1 Å². The molecular weight excluding hydrogens is 307 g/mol. The van der Waals surface area contributed by atoms with E-state index in [1.165, 1.54) is 17.7 Å². The number of hydrogen-bond acceptors (Lipinski definition) is 5. The molecule has 1 aliphatic heterocycles. The van der Waals surface area contributed by atoms with Gasteiger partial charge in [0.2, 0.25) is 0 Å². The molecule has 2 aromatic carbocycles. The van der Waals surface area contributed by atoms with Gasteiger partial charge in [0.1, 0.15) is 0 Å². The predicted octanol–water partition coefficient (Wildman–Crippen LogP) is 2.15. The second-order valence-electron chi connectivity index (χ2n) is 5.99. The number of benzene rings is 2. The van der Waals surface area contributed by atoms with Crippen molar-refractivity contribution in [2.24, 2.45) is 0 Å². The number of nitro groups is 1. The number of hydrogen-bond donors (Lipinski definition) is 0. The zero-order chi connectivity index (χ0) is 17.1. The number of non-ortho nitro benzene ring substituents is 1. The number of nitrogens with zero attached hydrogens (tertiary/aromatic N) is 2. The SMILES string of the molecule is Cc1ccc(B2OC[C@H](CN(C)c3ccc([N+](=O)[O-])cc3)O2)cc1. The third kappa shape index (κ3) is 3.75. The topological polar surface area (TPSA) is 64.8 Å². The molecule has 0 aromatic heterocycles. The average molecular weight is 326 g/mol. The Bertz CT molecular complexity index is 706. The number of anilines is 1. The van der Waals surface area contributed by atoms with Gasteiger partial charge in [-0.15, -0.1) is 0 Å². The van der Waals surface area contributed by atoms with E-state index in [2.05, 4.69) is 0 Å². The van der Waals surface area contributed by atoms with Gasteiger partial charge in [0.05, 0.1) is 17.6 Å². The zero-order valence-corrected chi connectivity index (χ0v) is 13.7. The Morgan fingerprint density at radius 3 is 2.50 bits per heavy atom. The van der Waals surface area contributed by atoms with E-state index >= 15 is 0 Å². The molecular formula is C17H19BN2O4. The summed E-state index contributed by atoms with van der Waals surface area (Å²) in [7, 11) is 1.60. The van der Waals surface area contributed by atoms with Crippen LogP contribution in [0.2, 0.25) is 0 Å². The van der Waals surface area contributed by atoms with Gasteiger partial charge in [0.25, 0.3) is 5.69 Å². The second kappa shape index (κ2) is 7.03. The number of nitro benzene ring substituents is 1. The highest BCUT2D eigenvalue weighted by Gasteiger charge is 2.33. The van der Waals surface area contributed by atoms with Gasteiger partial charge in [0, 0.05) is 31.4 Å². The van der Waals surface area contributed by atoms with Crippen LogP contribution < -0.4 is 10.4 Å². The van der Waals surface area contributed by atoms with Crippen LogP contribution in [0.25, 0.3) is 0 Å². The van der Waals surface area contributed by atoms with Crippen molar-refractivity contribution >= 4 is 24.0 Å². The fourth-order valence-electron chi connectivity index (χ4n) is 2.68. The molecule has 0 radical (unpaired) electrons. The Morgan fingerprint density at radius 2 is 1.88 bits per heavy atom. The van der Waals surface area contributed by atoms with E-state index in [9.17, 15) is 10.1 Å². The normalized spacial score (nSPS) is 17.1.